The molecule has 1 rings (SSSR count). The molecule has 0 aliphatic heterocycles. The SMILES string of the molecule is N#CCc1nc(F)cc(OC(F)(F)F)c1C(F)(F)F. The molecule has 0 amide bonds. The van der Waals surface area contributed by atoms with E-state index in [2.05, 4.69) is 9.72 Å². The number of halogens is 7. The summed E-state index contributed by atoms with van der Waals surface area (Å²) in [4.78, 5) is 2.76. The van der Waals surface area contributed by atoms with Gasteiger partial charge in [0.25, 0.3) is 0 Å². The predicted molar refractivity (Wildman–Crippen MR) is 45.2 cm³/mol. The smallest absolute Gasteiger partial charge is 0.405 e. The summed E-state index contributed by atoms with van der Waals surface area (Å²) >= 11 is 0. The molecule has 1 aromatic heterocycles. The van der Waals surface area contributed by atoms with Gasteiger partial charge >= 0.3 is 12.5 Å². The van der Waals surface area contributed by atoms with E-state index in [0.717, 1.165) is 0 Å². The van der Waals surface area contributed by atoms with Crippen LogP contribution in [0.25, 0.3) is 0 Å². The quantitative estimate of drug-likeness (QED) is 0.620. The highest BCUT2D eigenvalue weighted by molar-refractivity contribution is 5.40. The van der Waals surface area contributed by atoms with Gasteiger partial charge in [0.1, 0.15) is 11.3 Å². The second kappa shape index (κ2) is 4.91. The average Bonchev–Trinajstić information content (AvgIpc) is 2.11. The van der Waals surface area contributed by atoms with Crippen LogP contribution in [0.1, 0.15) is 11.3 Å². The monoisotopic (exact) mass is 288 g/mol. The van der Waals surface area contributed by atoms with Crippen molar-refractivity contribution < 1.29 is 35.5 Å². The maximum atomic E-state index is 12.9. The number of nitriles is 1. The minimum absolute atomic E-state index is 0.142. The van der Waals surface area contributed by atoms with E-state index in [4.69, 9.17) is 5.26 Å². The van der Waals surface area contributed by atoms with E-state index in [9.17, 15) is 30.7 Å². The summed E-state index contributed by atoms with van der Waals surface area (Å²) in [5, 5.41) is 8.28. The third kappa shape index (κ3) is 3.97. The zero-order valence-corrected chi connectivity index (χ0v) is 8.73. The number of hydrogen-bond acceptors (Lipinski definition) is 3. The molecule has 0 N–H and O–H groups in total. The number of nitrogens with zero attached hydrogens (tertiary/aromatic N) is 2. The van der Waals surface area contributed by atoms with Crippen molar-refractivity contribution in [3.8, 4) is 11.8 Å². The molecule has 0 aliphatic rings. The number of pyridine rings is 1. The molecule has 0 fully saturated rings. The summed E-state index contributed by atoms with van der Waals surface area (Å²) in [6.07, 6.45) is -11.7. The maximum absolute atomic E-state index is 12.9. The molecule has 0 saturated heterocycles. The van der Waals surface area contributed by atoms with E-state index in [1.807, 2.05) is 0 Å². The topological polar surface area (TPSA) is 45.9 Å². The van der Waals surface area contributed by atoms with Crippen LogP contribution in [0.4, 0.5) is 30.7 Å². The molecule has 0 aromatic carbocycles. The summed E-state index contributed by atoms with van der Waals surface area (Å²) in [6.45, 7) is 0. The maximum Gasteiger partial charge on any atom is 0.573 e. The van der Waals surface area contributed by atoms with Crippen molar-refractivity contribution in [2.45, 2.75) is 19.0 Å². The standard InChI is InChI=1S/C9H3F7N2O/c10-6-3-5(19-9(14,15)16)7(8(11,12)13)4(18-6)1-2-17/h3H,1H2. The Labute approximate surface area is 101 Å². The normalized spacial score (nSPS) is 12.1. The third-order valence-corrected chi connectivity index (χ3v) is 1.78. The molecule has 0 spiro atoms. The zero-order chi connectivity index (χ0) is 14.8. The fraction of sp³-hybridized carbons (Fsp3) is 0.333. The van der Waals surface area contributed by atoms with Crippen LogP contribution in [0.3, 0.4) is 0 Å². The van der Waals surface area contributed by atoms with Crippen LogP contribution in [0.2, 0.25) is 0 Å². The van der Waals surface area contributed by atoms with Gasteiger partial charge in [-0.05, 0) is 0 Å². The van der Waals surface area contributed by atoms with Crippen LogP contribution in [-0.2, 0) is 12.6 Å². The number of aromatic nitrogens is 1. The Morgan fingerprint density at radius 2 is 1.79 bits per heavy atom. The van der Waals surface area contributed by atoms with E-state index >= 15 is 0 Å². The first-order valence-electron chi connectivity index (χ1n) is 4.44. The largest absolute Gasteiger partial charge is 0.573 e. The van der Waals surface area contributed by atoms with Gasteiger partial charge < -0.3 is 4.74 Å². The lowest BCUT2D eigenvalue weighted by Crippen LogP contribution is -2.22. The van der Waals surface area contributed by atoms with Crippen molar-refractivity contribution in [2.24, 2.45) is 0 Å². The summed E-state index contributed by atoms with van der Waals surface area (Å²) in [5.74, 6) is -3.39. The van der Waals surface area contributed by atoms with Crippen molar-refractivity contribution in [2.75, 3.05) is 0 Å². The molecule has 1 heterocycles. The molecule has 19 heavy (non-hydrogen) atoms. The lowest BCUT2D eigenvalue weighted by atomic mass is 10.1. The first-order valence-corrected chi connectivity index (χ1v) is 4.44. The number of rotatable bonds is 2. The Bertz CT molecular complexity index is 515. The Morgan fingerprint density at radius 3 is 2.21 bits per heavy atom. The first-order chi connectivity index (χ1) is 8.54. The Morgan fingerprint density at radius 1 is 1.21 bits per heavy atom. The fourth-order valence-electron chi connectivity index (χ4n) is 1.25. The minimum atomic E-state index is -5.43. The van der Waals surface area contributed by atoms with E-state index < -0.39 is 41.9 Å². The van der Waals surface area contributed by atoms with Gasteiger partial charge in [0, 0.05) is 6.07 Å². The Balaban J connectivity index is 3.47. The zero-order valence-electron chi connectivity index (χ0n) is 8.73. The van der Waals surface area contributed by atoms with Crippen molar-refractivity contribution in [3.63, 3.8) is 0 Å². The molecule has 1 aromatic rings. The van der Waals surface area contributed by atoms with E-state index in [-0.39, 0.29) is 6.07 Å². The molecule has 0 radical (unpaired) electrons. The lowest BCUT2D eigenvalue weighted by Gasteiger charge is -2.17. The highest BCUT2D eigenvalue weighted by Gasteiger charge is 2.42. The van der Waals surface area contributed by atoms with Crippen LogP contribution in [-0.4, -0.2) is 11.3 Å². The first kappa shape index (κ1) is 15.0. The van der Waals surface area contributed by atoms with Crippen molar-refractivity contribution in [1.29, 1.82) is 5.26 Å². The summed E-state index contributed by atoms with van der Waals surface area (Å²) in [5.41, 5.74) is -3.10. The molecule has 0 atom stereocenters. The fourth-order valence-corrected chi connectivity index (χ4v) is 1.25. The van der Waals surface area contributed by atoms with Crippen LogP contribution in [0.5, 0.6) is 5.75 Å². The molecule has 0 aliphatic carbocycles. The number of hydrogen-bond donors (Lipinski definition) is 0. The molecule has 0 unspecified atom stereocenters. The highest BCUT2D eigenvalue weighted by Crippen LogP contribution is 2.40. The van der Waals surface area contributed by atoms with Gasteiger partial charge in [-0.25, -0.2) is 4.98 Å². The number of ether oxygens (including phenoxy) is 1. The van der Waals surface area contributed by atoms with E-state index in [0.29, 0.717) is 0 Å². The summed E-state index contributed by atoms with van der Waals surface area (Å²) in [6, 6.07) is 1.11. The Kier molecular flexibility index (Phi) is 3.88. The predicted octanol–water partition coefficient (Wildman–Crippen LogP) is 3.20. The lowest BCUT2D eigenvalue weighted by molar-refractivity contribution is -0.276. The summed E-state index contributed by atoms with van der Waals surface area (Å²) < 4.78 is 89.7. The summed E-state index contributed by atoms with van der Waals surface area (Å²) in [7, 11) is 0. The van der Waals surface area contributed by atoms with Crippen molar-refractivity contribution in [1.82, 2.24) is 4.98 Å². The molecular weight excluding hydrogens is 285 g/mol. The number of alkyl halides is 6. The van der Waals surface area contributed by atoms with Crippen LogP contribution in [0.15, 0.2) is 6.07 Å². The van der Waals surface area contributed by atoms with Gasteiger partial charge in [-0.3, -0.25) is 0 Å². The van der Waals surface area contributed by atoms with E-state index in [1.54, 1.807) is 0 Å². The second-order valence-electron chi connectivity index (χ2n) is 3.15. The van der Waals surface area contributed by atoms with Gasteiger partial charge in [0.2, 0.25) is 5.95 Å². The van der Waals surface area contributed by atoms with Gasteiger partial charge in [0.05, 0.1) is 18.2 Å². The molecule has 3 nitrogen and oxygen atoms in total. The van der Waals surface area contributed by atoms with Crippen molar-refractivity contribution in [3.05, 3.63) is 23.3 Å². The highest BCUT2D eigenvalue weighted by atomic mass is 19.4. The van der Waals surface area contributed by atoms with Crippen LogP contribution < -0.4 is 4.74 Å². The molecule has 10 heteroatoms. The van der Waals surface area contributed by atoms with E-state index in [1.165, 1.54) is 6.07 Å². The molecule has 0 saturated carbocycles. The minimum Gasteiger partial charge on any atom is -0.405 e. The third-order valence-electron chi connectivity index (χ3n) is 1.78. The molecule has 104 valence electrons. The van der Waals surface area contributed by atoms with Gasteiger partial charge in [-0.2, -0.15) is 22.8 Å². The van der Waals surface area contributed by atoms with Gasteiger partial charge in [-0.1, -0.05) is 0 Å². The molecule has 0 bridgehead atoms. The van der Waals surface area contributed by atoms with Crippen LogP contribution >= 0.6 is 0 Å². The van der Waals surface area contributed by atoms with Gasteiger partial charge in [0.15, 0.2) is 0 Å². The Hall–Kier alpha value is -2.05. The van der Waals surface area contributed by atoms with Crippen LogP contribution in [0, 0.1) is 17.3 Å². The molecular formula is C9H3F7N2O. The van der Waals surface area contributed by atoms with Gasteiger partial charge in [-0.15, -0.1) is 13.2 Å². The van der Waals surface area contributed by atoms with Crippen molar-refractivity contribution >= 4 is 0 Å². The second-order valence-corrected chi connectivity index (χ2v) is 3.15. The average molecular weight is 288 g/mol.